The molecule has 1 aromatic rings. The molecule has 2 nitrogen and oxygen atoms in total. The quantitative estimate of drug-likeness (QED) is 0.587. The van der Waals surface area contributed by atoms with Gasteiger partial charge in [-0.2, -0.15) is 57.1 Å². The number of rotatable bonds is 6. The molecule has 0 aliphatic rings. The standard InChI is InChI=1S/C13H5F13O2/c14-8(15,6-3-1-5(2-4-6)7(27)28)9(16,17)10(18,19)11(20,21)12(22,23)13(24,25)26/h1-4H,(H,27,28). The van der Waals surface area contributed by atoms with E-state index in [9.17, 15) is 61.9 Å². The Hall–Kier alpha value is -2.22. The maximum atomic E-state index is 13.7. The second-order valence-electron chi connectivity index (χ2n) is 5.25. The van der Waals surface area contributed by atoms with E-state index in [0.29, 0.717) is 0 Å². The molecular formula is C13H5F13O2. The summed E-state index contributed by atoms with van der Waals surface area (Å²) in [5.74, 6) is -39.3. The first-order valence-electron chi connectivity index (χ1n) is 6.46. The van der Waals surface area contributed by atoms with Gasteiger partial charge in [-0.1, -0.05) is 12.1 Å². The zero-order valence-electron chi connectivity index (χ0n) is 12.6. The normalized spacial score (nSPS) is 14.9. The Balaban J connectivity index is 3.54. The van der Waals surface area contributed by atoms with Gasteiger partial charge in [-0.25, -0.2) is 4.79 Å². The van der Waals surface area contributed by atoms with Gasteiger partial charge in [0, 0.05) is 5.56 Å². The summed E-state index contributed by atoms with van der Waals surface area (Å²) in [6, 6.07) is -0.147. The summed E-state index contributed by atoms with van der Waals surface area (Å²) in [6.07, 6.45) is -7.48. The van der Waals surface area contributed by atoms with Gasteiger partial charge in [0.2, 0.25) is 0 Å². The first-order valence-corrected chi connectivity index (χ1v) is 6.46. The van der Waals surface area contributed by atoms with Gasteiger partial charge in [0.25, 0.3) is 0 Å². The number of carboxylic acid groups (broad SMARTS) is 1. The van der Waals surface area contributed by atoms with Gasteiger partial charge in [-0.3, -0.25) is 0 Å². The molecule has 0 aromatic heterocycles. The van der Waals surface area contributed by atoms with Crippen LogP contribution in [0.2, 0.25) is 0 Å². The highest BCUT2D eigenvalue weighted by molar-refractivity contribution is 5.87. The van der Waals surface area contributed by atoms with Crippen LogP contribution >= 0.6 is 0 Å². The second kappa shape index (κ2) is 6.40. The van der Waals surface area contributed by atoms with E-state index in [1.54, 1.807) is 0 Å². The molecule has 1 aromatic carbocycles. The number of halogens is 13. The average molecular weight is 440 g/mol. The zero-order valence-corrected chi connectivity index (χ0v) is 12.6. The summed E-state index contributed by atoms with van der Waals surface area (Å²) in [4.78, 5) is 10.5. The van der Waals surface area contributed by atoms with Crippen molar-refractivity contribution in [2.24, 2.45) is 0 Å². The van der Waals surface area contributed by atoms with Gasteiger partial charge in [0.1, 0.15) is 0 Å². The van der Waals surface area contributed by atoms with Crippen LogP contribution in [0.5, 0.6) is 0 Å². The highest BCUT2D eigenvalue weighted by Gasteiger charge is 2.90. The van der Waals surface area contributed by atoms with Gasteiger partial charge < -0.3 is 5.11 Å². The van der Waals surface area contributed by atoms with E-state index in [2.05, 4.69) is 0 Å². The minimum Gasteiger partial charge on any atom is -0.478 e. The SMILES string of the molecule is O=C(O)c1ccc(C(F)(F)C(F)(F)C(F)(F)C(F)(F)C(F)(F)C(F)(F)F)cc1. The molecule has 28 heavy (non-hydrogen) atoms. The summed E-state index contributed by atoms with van der Waals surface area (Å²) in [6.45, 7) is 0. The maximum absolute atomic E-state index is 13.7. The molecular weight excluding hydrogens is 435 g/mol. The number of hydrogen-bond acceptors (Lipinski definition) is 1. The molecule has 1 N–H and O–H groups in total. The van der Waals surface area contributed by atoms with Crippen LogP contribution in [0.3, 0.4) is 0 Å². The molecule has 0 aliphatic carbocycles. The molecule has 0 amide bonds. The lowest BCUT2D eigenvalue weighted by atomic mass is 9.90. The fourth-order valence-electron chi connectivity index (χ4n) is 1.77. The molecule has 0 bridgehead atoms. The number of benzene rings is 1. The van der Waals surface area contributed by atoms with Gasteiger partial charge in [0.05, 0.1) is 5.56 Å². The molecule has 0 radical (unpaired) electrons. The lowest BCUT2D eigenvalue weighted by molar-refractivity contribution is -0.441. The topological polar surface area (TPSA) is 37.3 Å². The van der Waals surface area contributed by atoms with Crippen LogP contribution in [0.25, 0.3) is 0 Å². The van der Waals surface area contributed by atoms with Crippen LogP contribution in [-0.4, -0.2) is 40.9 Å². The van der Waals surface area contributed by atoms with E-state index < -0.39 is 52.9 Å². The van der Waals surface area contributed by atoms with Crippen molar-refractivity contribution in [2.75, 3.05) is 0 Å². The van der Waals surface area contributed by atoms with Crippen LogP contribution in [0, 0.1) is 0 Å². The zero-order chi connectivity index (χ0) is 22.6. The largest absolute Gasteiger partial charge is 0.478 e. The van der Waals surface area contributed by atoms with Gasteiger partial charge >= 0.3 is 41.8 Å². The van der Waals surface area contributed by atoms with Crippen molar-refractivity contribution >= 4 is 5.97 Å². The molecule has 0 unspecified atom stereocenters. The summed E-state index contributed by atoms with van der Waals surface area (Å²) < 4.78 is 169. The van der Waals surface area contributed by atoms with Gasteiger partial charge in [-0.05, 0) is 12.1 Å². The van der Waals surface area contributed by atoms with Crippen LogP contribution in [0.1, 0.15) is 15.9 Å². The molecule has 0 fully saturated rings. The van der Waals surface area contributed by atoms with Crippen molar-refractivity contribution in [3.05, 3.63) is 35.4 Å². The molecule has 0 aliphatic heterocycles. The smallest absolute Gasteiger partial charge is 0.460 e. The van der Waals surface area contributed by atoms with Crippen LogP contribution < -0.4 is 0 Å². The summed E-state index contributed by atoms with van der Waals surface area (Å²) in [7, 11) is 0. The van der Waals surface area contributed by atoms with E-state index in [4.69, 9.17) is 5.11 Å². The highest BCUT2D eigenvalue weighted by atomic mass is 19.4. The Kier molecular flexibility index (Phi) is 5.45. The first kappa shape index (κ1) is 23.8. The van der Waals surface area contributed by atoms with E-state index in [0.717, 1.165) is 0 Å². The Morgan fingerprint density at radius 2 is 0.964 bits per heavy atom. The molecule has 160 valence electrons. The fourth-order valence-corrected chi connectivity index (χ4v) is 1.77. The monoisotopic (exact) mass is 440 g/mol. The minimum atomic E-state index is -7.98. The first-order chi connectivity index (χ1) is 12.2. The van der Waals surface area contributed by atoms with E-state index in [1.165, 1.54) is 0 Å². The minimum absolute atomic E-state index is 0.155. The lowest BCUT2D eigenvalue weighted by Crippen LogP contribution is -2.69. The van der Waals surface area contributed by atoms with Crippen molar-refractivity contribution < 1.29 is 67.0 Å². The van der Waals surface area contributed by atoms with Crippen molar-refractivity contribution in [3.63, 3.8) is 0 Å². The third-order valence-electron chi connectivity index (χ3n) is 3.43. The highest BCUT2D eigenvalue weighted by Crippen LogP contribution is 2.61. The Morgan fingerprint density at radius 1 is 0.607 bits per heavy atom. The summed E-state index contributed by atoms with van der Waals surface area (Å²) >= 11 is 0. The predicted octanol–water partition coefficient (Wildman–Crippen LogP) is 5.58. The van der Waals surface area contributed by atoms with Gasteiger partial charge in [-0.15, -0.1) is 0 Å². The van der Waals surface area contributed by atoms with Crippen LogP contribution in [0.15, 0.2) is 24.3 Å². The number of carboxylic acids is 1. The van der Waals surface area contributed by atoms with Crippen molar-refractivity contribution in [2.45, 2.75) is 35.8 Å². The Morgan fingerprint density at radius 3 is 1.29 bits per heavy atom. The van der Waals surface area contributed by atoms with Crippen molar-refractivity contribution in [3.8, 4) is 0 Å². The molecule has 0 heterocycles. The fraction of sp³-hybridized carbons (Fsp3) is 0.462. The van der Waals surface area contributed by atoms with E-state index >= 15 is 0 Å². The number of aromatic carboxylic acids is 1. The van der Waals surface area contributed by atoms with E-state index in [-0.39, 0.29) is 24.3 Å². The molecule has 0 saturated heterocycles. The summed E-state index contributed by atoms with van der Waals surface area (Å²) in [5.41, 5.74) is -3.09. The van der Waals surface area contributed by atoms with Crippen molar-refractivity contribution in [1.82, 2.24) is 0 Å². The average Bonchev–Trinajstić information content (AvgIpc) is 2.53. The van der Waals surface area contributed by atoms with Crippen LogP contribution in [0.4, 0.5) is 57.1 Å². The molecule has 0 saturated carbocycles. The number of hydrogen-bond donors (Lipinski definition) is 1. The molecule has 0 spiro atoms. The Labute approximate surface area is 145 Å². The second-order valence-corrected chi connectivity index (χ2v) is 5.25. The predicted molar refractivity (Wildman–Crippen MR) is 63.1 cm³/mol. The van der Waals surface area contributed by atoms with E-state index in [1.807, 2.05) is 0 Å². The van der Waals surface area contributed by atoms with Crippen LogP contribution in [-0.2, 0) is 5.92 Å². The third-order valence-corrected chi connectivity index (χ3v) is 3.43. The summed E-state index contributed by atoms with van der Waals surface area (Å²) in [5, 5.41) is 8.50. The number of alkyl halides is 13. The van der Waals surface area contributed by atoms with Crippen molar-refractivity contribution in [1.29, 1.82) is 0 Å². The molecule has 1 rings (SSSR count). The lowest BCUT2D eigenvalue weighted by Gasteiger charge is -2.39. The molecule has 15 heteroatoms. The third kappa shape index (κ3) is 3.13. The Bertz CT molecular complexity index is 734. The number of carbonyl (C=O) groups is 1. The van der Waals surface area contributed by atoms with Gasteiger partial charge in [0.15, 0.2) is 0 Å². The maximum Gasteiger partial charge on any atom is 0.460 e. The molecule has 0 atom stereocenters.